The van der Waals surface area contributed by atoms with Crippen molar-refractivity contribution < 1.29 is 8.78 Å². The van der Waals surface area contributed by atoms with Crippen LogP contribution in [-0.4, -0.2) is 31.1 Å². The van der Waals surface area contributed by atoms with E-state index in [1.165, 1.54) is 32.0 Å². The minimum absolute atomic E-state index is 0.230. The van der Waals surface area contributed by atoms with Crippen LogP contribution >= 0.6 is 0 Å². The summed E-state index contributed by atoms with van der Waals surface area (Å²) in [7, 11) is 0. The van der Waals surface area contributed by atoms with Crippen molar-refractivity contribution in [2.24, 2.45) is 5.73 Å². The van der Waals surface area contributed by atoms with Crippen molar-refractivity contribution in [2.75, 3.05) is 31.9 Å². The molecule has 0 spiro atoms. The highest BCUT2D eigenvalue weighted by Crippen LogP contribution is 2.08. The second kappa shape index (κ2) is 7.19. The molecule has 1 fully saturated rings. The molecule has 96 valence electrons. The van der Waals surface area contributed by atoms with Gasteiger partial charge in [-0.3, -0.25) is 0 Å². The minimum Gasteiger partial charge on any atom is -0.399 e. The summed E-state index contributed by atoms with van der Waals surface area (Å²) >= 11 is 0. The molecule has 4 N–H and O–H groups in total. The Bertz CT molecular complexity index is 339. The van der Waals surface area contributed by atoms with Crippen LogP contribution in [0.5, 0.6) is 0 Å². The summed E-state index contributed by atoms with van der Waals surface area (Å²) in [6.45, 7) is 4.47. The third kappa shape index (κ3) is 5.10. The van der Waals surface area contributed by atoms with Gasteiger partial charge in [0.15, 0.2) is 11.6 Å². The van der Waals surface area contributed by atoms with E-state index in [-0.39, 0.29) is 5.69 Å². The highest BCUT2D eigenvalue weighted by Gasteiger charge is 2.08. The fraction of sp³-hybridized carbons (Fsp3) is 0.500. The molecule has 0 saturated carbocycles. The topological polar surface area (TPSA) is 55.3 Å². The Hall–Kier alpha value is -1.20. The first kappa shape index (κ1) is 13.9. The number of halogens is 2. The predicted molar refractivity (Wildman–Crippen MR) is 65.5 cm³/mol. The van der Waals surface area contributed by atoms with Crippen molar-refractivity contribution in [3.63, 3.8) is 0 Å². The molecule has 0 amide bonds. The van der Waals surface area contributed by atoms with Crippen LogP contribution in [0.1, 0.15) is 12.8 Å². The predicted octanol–water partition coefficient (Wildman–Crippen LogP) is 1.59. The molecule has 1 heterocycles. The van der Waals surface area contributed by atoms with E-state index in [1.54, 1.807) is 0 Å². The van der Waals surface area contributed by atoms with E-state index in [2.05, 4.69) is 4.90 Å². The molecule has 17 heavy (non-hydrogen) atoms. The average Bonchev–Trinajstić information content (AvgIpc) is 2.78. The molecule has 1 aromatic rings. The maximum Gasteiger partial charge on any atom is 0.160 e. The zero-order chi connectivity index (χ0) is 12.7. The molecule has 1 saturated heterocycles. The SMILES string of the molecule is NCCN1CCCC1.Nc1ccc(F)c(F)c1. The first-order valence-corrected chi connectivity index (χ1v) is 5.76. The normalized spacial score (nSPS) is 15.5. The Morgan fingerprint density at radius 2 is 1.76 bits per heavy atom. The van der Waals surface area contributed by atoms with Crippen molar-refractivity contribution in [2.45, 2.75) is 12.8 Å². The van der Waals surface area contributed by atoms with Gasteiger partial charge in [-0.15, -0.1) is 0 Å². The number of hydrogen-bond donors (Lipinski definition) is 2. The van der Waals surface area contributed by atoms with E-state index >= 15 is 0 Å². The van der Waals surface area contributed by atoms with Crippen molar-refractivity contribution >= 4 is 5.69 Å². The Morgan fingerprint density at radius 1 is 1.12 bits per heavy atom. The lowest BCUT2D eigenvalue weighted by molar-refractivity contribution is 0.349. The quantitative estimate of drug-likeness (QED) is 0.775. The van der Waals surface area contributed by atoms with E-state index in [9.17, 15) is 8.78 Å². The maximum absolute atomic E-state index is 12.1. The Labute approximate surface area is 100 Å². The Morgan fingerprint density at radius 3 is 2.24 bits per heavy atom. The second-order valence-electron chi connectivity index (χ2n) is 4.01. The van der Waals surface area contributed by atoms with Crippen LogP contribution in [0, 0.1) is 11.6 Å². The van der Waals surface area contributed by atoms with Gasteiger partial charge in [0.2, 0.25) is 0 Å². The molecule has 2 rings (SSSR count). The van der Waals surface area contributed by atoms with Gasteiger partial charge in [0, 0.05) is 18.8 Å². The summed E-state index contributed by atoms with van der Waals surface area (Å²) in [4.78, 5) is 2.42. The largest absolute Gasteiger partial charge is 0.399 e. The van der Waals surface area contributed by atoms with Crippen LogP contribution in [0.2, 0.25) is 0 Å². The third-order valence-electron chi connectivity index (χ3n) is 2.59. The fourth-order valence-corrected chi connectivity index (χ4v) is 1.70. The molecular weight excluding hydrogens is 224 g/mol. The van der Waals surface area contributed by atoms with Gasteiger partial charge in [0.05, 0.1) is 0 Å². The monoisotopic (exact) mass is 243 g/mol. The van der Waals surface area contributed by atoms with Crippen LogP contribution in [0.15, 0.2) is 18.2 Å². The van der Waals surface area contributed by atoms with Gasteiger partial charge < -0.3 is 16.4 Å². The molecule has 0 radical (unpaired) electrons. The summed E-state index contributed by atoms with van der Waals surface area (Å²) in [5.74, 6) is -1.78. The average molecular weight is 243 g/mol. The van der Waals surface area contributed by atoms with Crippen LogP contribution in [0.25, 0.3) is 0 Å². The lowest BCUT2D eigenvalue weighted by Gasteiger charge is -2.11. The number of likely N-dealkylation sites (tertiary alicyclic amines) is 1. The zero-order valence-electron chi connectivity index (χ0n) is 9.83. The summed E-state index contributed by atoms with van der Waals surface area (Å²) in [6, 6.07) is 3.23. The van der Waals surface area contributed by atoms with Gasteiger partial charge in [0.25, 0.3) is 0 Å². The Kier molecular flexibility index (Phi) is 5.86. The van der Waals surface area contributed by atoms with Crippen LogP contribution < -0.4 is 11.5 Å². The third-order valence-corrected chi connectivity index (χ3v) is 2.59. The summed E-state index contributed by atoms with van der Waals surface area (Å²) in [6.07, 6.45) is 2.75. The second-order valence-corrected chi connectivity index (χ2v) is 4.01. The Balaban J connectivity index is 0.000000171. The molecule has 5 heteroatoms. The minimum atomic E-state index is -0.907. The lowest BCUT2D eigenvalue weighted by atomic mass is 10.3. The molecular formula is C12H19F2N3. The molecule has 1 aliphatic heterocycles. The van der Waals surface area contributed by atoms with Gasteiger partial charge in [0.1, 0.15) is 0 Å². The van der Waals surface area contributed by atoms with Crippen molar-refractivity contribution in [1.82, 2.24) is 4.90 Å². The number of nitrogen functional groups attached to an aromatic ring is 1. The summed E-state index contributed by atoms with van der Waals surface area (Å²) < 4.78 is 24.2. The van der Waals surface area contributed by atoms with Crippen LogP contribution in [0.4, 0.5) is 14.5 Å². The van der Waals surface area contributed by atoms with E-state index in [1.807, 2.05) is 0 Å². The summed E-state index contributed by atoms with van der Waals surface area (Å²) in [5.41, 5.74) is 10.7. The standard InChI is InChI=1S/C6H5F2N.C6H14N2/c7-5-2-1-4(9)3-6(5)8;7-3-6-8-4-1-2-5-8/h1-3H,9H2;1-7H2. The van der Waals surface area contributed by atoms with E-state index < -0.39 is 11.6 Å². The number of benzene rings is 1. The zero-order valence-corrected chi connectivity index (χ0v) is 9.83. The molecule has 0 aliphatic carbocycles. The maximum atomic E-state index is 12.1. The number of nitrogens with two attached hydrogens (primary N) is 2. The van der Waals surface area contributed by atoms with Crippen molar-refractivity contribution in [3.8, 4) is 0 Å². The first-order valence-electron chi connectivity index (χ1n) is 5.76. The van der Waals surface area contributed by atoms with Gasteiger partial charge >= 0.3 is 0 Å². The van der Waals surface area contributed by atoms with Gasteiger partial charge in [-0.2, -0.15) is 0 Å². The number of hydrogen-bond acceptors (Lipinski definition) is 3. The highest BCUT2D eigenvalue weighted by molar-refractivity contribution is 5.37. The van der Waals surface area contributed by atoms with E-state index in [0.29, 0.717) is 0 Å². The number of rotatable bonds is 2. The van der Waals surface area contributed by atoms with E-state index in [4.69, 9.17) is 11.5 Å². The van der Waals surface area contributed by atoms with Crippen LogP contribution in [0.3, 0.4) is 0 Å². The van der Waals surface area contributed by atoms with Gasteiger partial charge in [-0.25, -0.2) is 8.78 Å². The summed E-state index contributed by atoms with van der Waals surface area (Å²) in [5, 5.41) is 0. The van der Waals surface area contributed by atoms with Gasteiger partial charge in [-0.05, 0) is 44.1 Å². The van der Waals surface area contributed by atoms with Crippen molar-refractivity contribution in [1.29, 1.82) is 0 Å². The molecule has 3 nitrogen and oxygen atoms in total. The molecule has 0 aromatic heterocycles. The fourth-order valence-electron chi connectivity index (χ4n) is 1.70. The highest BCUT2D eigenvalue weighted by atomic mass is 19.2. The van der Waals surface area contributed by atoms with Gasteiger partial charge in [-0.1, -0.05) is 0 Å². The number of nitrogens with zero attached hydrogens (tertiary/aromatic N) is 1. The molecule has 0 unspecified atom stereocenters. The first-order chi connectivity index (χ1) is 8.13. The van der Waals surface area contributed by atoms with Crippen LogP contribution in [-0.2, 0) is 0 Å². The molecule has 0 bridgehead atoms. The molecule has 0 atom stereocenters. The smallest absolute Gasteiger partial charge is 0.160 e. The molecule has 1 aromatic carbocycles. The lowest BCUT2D eigenvalue weighted by Crippen LogP contribution is -2.26. The molecule has 1 aliphatic rings. The number of anilines is 1. The van der Waals surface area contributed by atoms with Crippen molar-refractivity contribution in [3.05, 3.63) is 29.8 Å². The van der Waals surface area contributed by atoms with E-state index in [0.717, 1.165) is 25.2 Å².